The van der Waals surface area contributed by atoms with Crippen molar-refractivity contribution in [2.24, 2.45) is 0 Å². The van der Waals surface area contributed by atoms with E-state index in [2.05, 4.69) is 4.74 Å². The molecule has 160 valence electrons. The molecule has 0 atom stereocenters. The highest BCUT2D eigenvalue weighted by Crippen LogP contribution is 2.14. The van der Waals surface area contributed by atoms with Crippen LogP contribution in [-0.2, 0) is 23.7 Å². The third kappa shape index (κ3) is 24.0. The van der Waals surface area contributed by atoms with Crippen LogP contribution in [0.3, 0.4) is 0 Å². The fourth-order valence-corrected chi connectivity index (χ4v) is 1.13. The van der Waals surface area contributed by atoms with Crippen molar-refractivity contribution >= 4 is 18.5 Å². The summed E-state index contributed by atoms with van der Waals surface area (Å²) in [7, 11) is 0. The van der Waals surface area contributed by atoms with E-state index in [-0.39, 0.29) is 0 Å². The van der Waals surface area contributed by atoms with Crippen molar-refractivity contribution in [3.8, 4) is 0 Å². The number of rotatable bonds is 0. The molecule has 8 nitrogen and oxygen atoms in total. The predicted octanol–water partition coefficient (Wildman–Crippen LogP) is 5.61. The lowest BCUT2D eigenvalue weighted by Crippen LogP contribution is -2.30. The zero-order valence-corrected chi connectivity index (χ0v) is 18.8. The quantitative estimate of drug-likeness (QED) is 0.298. The number of carbonyl (C=O) groups is 3. The standard InChI is InChI=1S/C10H18O5.C9H18O3/c1-9(2,3)14-7(11)13-8(12)15-10(4,5)6;1-8(2,3)11-7(10)12-9(4,5)6/h1-6H3;1-6H3. The van der Waals surface area contributed by atoms with Gasteiger partial charge in [0.15, 0.2) is 0 Å². The van der Waals surface area contributed by atoms with Crippen LogP contribution in [0.25, 0.3) is 0 Å². The Bertz CT molecular complexity index is 452. The van der Waals surface area contributed by atoms with Crippen LogP contribution >= 0.6 is 0 Å². The van der Waals surface area contributed by atoms with Crippen LogP contribution in [0.2, 0.25) is 0 Å². The van der Waals surface area contributed by atoms with Gasteiger partial charge >= 0.3 is 18.5 Å². The molecule has 0 aromatic rings. The molecule has 0 N–H and O–H groups in total. The molecule has 0 radical (unpaired) electrons. The second-order valence-corrected chi connectivity index (χ2v) is 9.71. The summed E-state index contributed by atoms with van der Waals surface area (Å²) in [6, 6.07) is 0. The van der Waals surface area contributed by atoms with E-state index in [9.17, 15) is 14.4 Å². The molecule has 0 rings (SSSR count). The van der Waals surface area contributed by atoms with E-state index in [1.807, 2.05) is 0 Å². The van der Waals surface area contributed by atoms with Gasteiger partial charge in [0, 0.05) is 0 Å². The Kier molecular flexibility index (Phi) is 9.89. The van der Waals surface area contributed by atoms with Gasteiger partial charge in [0.25, 0.3) is 0 Å². The molecule has 0 fully saturated rings. The fraction of sp³-hybridized carbons (Fsp3) is 0.842. The Hall–Kier alpha value is -1.99. The van der Waals surface area contributed by atoms with Crippen LogP contribution in [0, 0.1) is 0 Å². The maximum Gasteiger partial charge on any atom is 0.519 e. The van der Waals surface area contributed by atoms with E-state index in [4.69, 9.17) is 18.9 Å². The van der Waals surface area contributed by atoms with Gasteiger partial charge in [0.2, 0.25) is 0 Å². The van der Waals surface area contributed by atoms with E-state index >= 15 is 0 Å². The second-order valence-electron chi connectivity index (χ2n) is 9.71. The van der Waals surface area contributed by atoms with Crippen molar-refractivity contribution < 1.29 is 38.1 Å². The maximum absolute atomic E-state index is 11.0. The molecule has 0 unspecified atom stereocenters. The summed E-state index contributed by atoms with van der Waals surface area (Å²) in [6.45, 7) is 20.8. The summed E-state index contributed by atoms with van der Waals surface area (Å²) < 4.78 is 23.7. The van der Waals surface area contributed by atoms with Crippen LogP contribution < -0.4 is 0 Å². The highest BCUT2D eigenvalue weighted by atomic mass is 16.8. The monoisotopic (exact) mass is 392 g/mol. The lowest BCUT2D eigenvalue weighted by Gasteiger charge is -2.24. The Morgan fingerprint density at radius 3 is 0.778 bits per heavy atom. The Balaban J connectivity index is 0. The minimum atomic E-state index is -1.06. The summed E-state index contributed by atoms with van der Waals surface area (Å²) in [5.74, 6) is 0. The number of carbonyl (C=O) groups excluding carboxylic acids is 3. The lowest BCUT2D eigenvalue weighted by atomic mass is 10.2. The zero-order chi connectivity index (χ0) is 22.3. The predicted molar refractivity (Wildman–Crippen MR) is 101 cm³/mol. The SMILES string of the molecule is CC(C)(C)OC(=O)OC(=O)OC(C)(C)C.CC(C)(C)OC(=O)OC(C)(C)C. The minimum Gasteiger partial charge on any atom is -0.429 e. The first-order chi connectivity index (χ1) is 11.6. The van der Waals surface area contributed by atoms with Gasteiger partial charge in [-0.05, 0) is 83.1 Å². The van der Waals surface area contributed by atoms with Gasteiger partial charge in [-0.1, -0.05) is 0 Å². The topological polar surface area (TPSA) is 97.4 Å². The van der Waals surface area contributed by atoms with Crippen LogP contribution in [0.4, 0.5) is 14.4 Å². The van der Waals surface area contributed by atoms with E-state index in [1.54, 1.807) is 83.1 Å². The number of hydrogen-bond acceptors (Lipinski definition) is 8. The summed E-state index contributed by atoms with van der Waals surface area (Å²) in [5, 5.41) is 0. The maximum atomic E-state index is 11.0. The molecule has 0 heterocycles. The molecule has 0 saturated heterocycles. The van der Waals surface area contributed by atoms with Crippen molar-refractivity contribution in [2.75, 3.05) is 0 Å². The van der Waals surface area contributed by atoms with Gasteiger partial charge in [0.1, 0.15) is 22.4 Å². The molecule has 0 spiro atoms. The van der Waals surface area contributed by atoms with Gasteiger partial charge in [-0.25, -0.2) is 14.4 Å². The molecule has 0 saturated carbocycles. The molecule has 27 heavy (non-hydrogen) atoms. The van der Waals surface area contributed by atoms with Crippen molar-refractivity contribution in [2.45, 2.75) is 105 Å². The summed E-state index contributed by atoms with van der Waals surface area (Å²) in [5.41, 5.74) is -2.36. The number of hydrogen-bond donors (Lipinski definition) is 0. The number of ether oxygens (including phenoxy) is 5. The molecule has 0 aromatic carbocycles. The van der Waals surface area contributed by atoms with Crippen LogP contribution in [0.1, 0.15) is 83.1 Å². The average Bonchev–Trinajstić information content (AvgIpc) is 2.16. The fourth-order valence-electron chi connectivity index (χ4n) is 1.13. The van der Waals surface area contributed by atoms with Gasteiger partial charge < -0.3 is 23.7 Å². The molecule has 0 aromatic heterocycles. The van der Waals surface area contributed by atoms with Crippen LogP contribution in [0.5, 0.6) is 0 Å². The Morgan fingerprint density at radius 1 is 0.407 bits per heavy atom. The highest BCUT2D eigenvalue weighted by Gasteiger charge is 2.24. The Labute approximate surface area is 162 Å². The molecule has 0 bridgehead atoms. The van der Waals surface area contributed by atoms with Crippen molar-refractivity contribution in [1.82, 2.24) is 0 Å². The van der Waals surface area contributed by atoms with E-state index in [0.29, 0.717) is 0 Å². The molecule has 0 amide bonds. The third-order valence-electron chi connectivity index (χ3n) is 1.72. The molecule has 0 aliphatic carbocycles. The zero-order valence-electron chi connectivity index (χ0n) is 18.8. The highest BCUT2D eigenvalue weighted by molar-refractivity contribution is 5.77. The summed E-state index contributed by atoms with van der Waals surface area (Å²) in [4.78, 5) is 33.0. The molecule has 0 aliphatic heterocycles. The second kappa shape index (κ2) is 9.80. The van der Waals surface area contributed by atoms with Gasteiger partial charge in [-0.2, -0.15) is 0 Å². The van der Waals surface area contributed by atoms with Crippen molar-refractivity contribution in [3.05, 3.63) is 0 Å². The molecular formula is C19H36O8. The van der Waals surface area contributed by atoms with E-state index in [0.717, 1.165) is 0 Å². The third-order valence-corrected chi connectivity index (χ3v) is 1.72. The van der Waals surface area contributed by atoms with Crippen molar-refractivity contribution in [3.63, 3.8) is 0 Å². The molecule has 0 aliphatic rings. The van der Waals surface area contributed by atoms with Gasteiger partial charge in [0.05, 0.1) is 0 Å². The van der Waals surface area contributed by atoms with E-state index in [1.165, 1.54) is 0 Å². The first-order valence-electron chi connectivity index (χ1n) is 8.65. The summed E-state index contributed by atoms with van der Waals surface area (Å²) >= 11 is 0. The minimum absolute atomic E-state index is 0.484. The van der Waals surface area contributed by atoms with Crippen molar-refractivity contribution in [1.29, 1.82) is 0 Å². The largest absolute Gasteiger partial charge is 0.519 e. The van der Waals surface area contributed by atoms with Gasteiger partial charge in [-0.3, -0.25) is 0 Å². The van der Waals surface area contributed by atoms with Crippen LogP contribution in [0.15, 0.2) is 0 Å². The van der Waals surface area contributed by atoms with E-state index < -0.39 is 40.9 Å². The average molecular weight is 392 g/mol. The molecular weight excluding hydrogens is 356 g/mol. The normalized spacial score (nSPS) is 12.1. The lowest BCUT2D eigenvalue weighted by molar-refractivity contribution is -0.0470. The smallest absolute Gasteiger partial charge is 0.429 e. The summed E-state index contributed by atoms with van der Waals surface area (Å²) in [6.07, 6.45) is -2.73. The Morgan fingerprint density at radius 2 is 0.593 bits per heavy atom. The first-order valence-corrected chi connectivity index (χ1v) is 8.65. The molecule has 8 heteroatoms. The van der Waals surface area contributed by atoms with Crippen LogP contribution in [-0.4, -0.2) is 40.9 Å². The van der Waals surface area contributed by atoms with Gasteiger partial charge in [-0.15, -0.1) is 0 Å². The first kappa shape index (κ1) is 27.2.